The summed E-state index contributed by atoms with van der Waals surface area (Å²) in [5.74, 6) is 0.920. The van der Waals surface area contributed by atoms with Crippen LogP contribution in [0, 0.1) is 0 Å². The van der Waals surface area contributed by atoms with Crippen LogP contribution in [0.15, 0.2) is 65.7 Å². The zero-order valence-corrected chi connectivity index (χ0v) is 17.2. The van der Waals surface area contributed by atoms with Crippen molar-refractivity contribution >= 4 is 11.9 Å². The molecule has 29 heavy (non-hydrogen) atoms. The summed E-state index contributed by atoms with van der Waals surface area (Å²) in [5, 5.41) is 6.38. The maximum atomic E-state index is 12.0. The number of rotatable bonds is 7. The van der Waals surface area contributed by atoms with Crippen LogP contribution < -0.4 is 10.6 Å². The Morgan fingerprint density at radius 2 is 1.52 bits per heavy atom. The van der Waals surface area contributed by atoms with Crippen LogP contribution in [0.2, 0.25) is 0 Å². The number of hydrogen-bond acceptors (Lipinski definition) is 3. The molecule has 2 N–H and O–H groups in total. The van der Waals surface area contributed by atoms with E-state index >= 15 is 0 Å². The van der Waals surface area contributed by atoms with Crippen LogP contribution in [0.4, 0.5) is 0 Å². The van der Waals surface area contributed by atoms with Gasteiger partial charge in [0, 0.05) is 58.4 Å². The molecule has 1 fully saturated rings. The first-order valence-electron chi connectivity index (χ1n) is 10.3. The van der Waals surface area contributed by atoms with Gasteiger partial charge in [-0.3, -0.25) is 14.7 Å². The SMILES string of the molecule is CN=C(NCCCNC(=O)c1ccccc1)N1CCN(Cc2ccccc2)CC1. The zero-order chi connectivity index (χ0) is 20.3. The Bertz CT molecular complexity index is 770. The normalized spacial score (nSPS) is 15.2. The summed E-state index contributed by atoms with van der Waals surface area (Å²) < 4.78 is 0. The van der Waals surface area contributed by atoms with E-state index in [0.29, 0.717) is 12.1 Å². The topological polar surface area (TPSA) is 60.0 Å². The van der Waals surface area contributed by atoms with Gasteiger partial charge >= 0.3 is 0 Å². The van der Waals surface area contributed by atoms with E-state index in [4.69, 9.17) is 0 Å². The van der Waals surface area contributed by atoms with Gasteiger partial charge in [0.15, 0.2) is 5.96 Å². The number of aliphatic imine (C=N–C) groups is 1. The molecule has 0 atom stereocenters. The molecule has 0 radical (unpaired) electrons. The molecule has 0 spiro atoms. The number of amides is 1. The predicted molar refractivity (Wildman–Crippen MR) is 118 cm³/mol. The highest BCUT2D eigenvalue weighted by molar-refractivity contribution is 5.94. The molecule has 1 saturated heterocycles. The molecule has 1 aliphatic heterocycles. The molecule has 2 aromatic carbocycles. The van der Waals surface area contributed by atoms with Crippen LogP contribution in [0.3, 0.4) is 0 Å². The fraction of sp³-hybridized carbons (Fsp3) is 0.391. The minimum Gasteiger partial charge on any atom is -0.356 e. The van der Waals surface area contributed by atoms with Crippen LogP contribution in [0.5, 0.6) is 0 Å². The largest absolute Gasteiger partial charge is 0.356 e. The van der Waals surface area contributed by atoms with E-state index < -0.39 is 0 Å². The summed E-state index contributed by atoms with van der Waals surface area (Å²) in [5.41, 5.74) is 2.06. The standard InChI is InChI=1S/C23H31N5O/c1-24-23(26-14-8-13-25-22(29)21-11-6-3-7-12-21)28-17-15-27(16-18-28)19-20-9-4-2-5-10-20/h2-7,9-12H,8,13-19H2,1H3,(H,24,26)(H,25,29). The minimum absolute atomic E-state index is 0.0236. The van der Waals surface area contributed by atoms with Crippen molar-refractivity contribution in [2.45, 2.75) is 13.0 Å². The lowest BCUT2D eigenvalue weighted by atomic mass is 10.2. The van der Waals surface area contributed by atoms with E-state index in [1.54, 1.807) is 0 Å². The van der Waals surface area contributed by atoms with E-state index in [0.717, 1.165) is 51.6 Å². The van der Waals surface area contributed by atoms with Crippen molar-refractivity contribution in [3.8, 4) is 0 Å². The lowest BCUT2D eigenvalue weighted by Gasteiger charge is -2.36. The highest BCUT2D eigenvalue weighted by Crippen LogP contribution is 2.08. The van der Waals surface area contributed by atoms with Crippen molar-refractivity contribution in [1.29, 1.82) is 0 Å². The summed E-state index contributed by atoms with van der Waals surface area (Å²) in [6.45, 7) is 6.43. The Morgan fingerprint density at radius 1 is 0.897 bits per heavy atom. The molecule has 0 bridgehead atoms. The van der Waals surface area contributed by atoms with Gasteiger partial charge in [-0.15, -0.1) is 0 Å². The Balaban J connectivity index is 1.33. The highest BCUT2D eigenvalue weighted by atomic mass is 16.1. The number of nitrogens with one attached hydrogen (secondary N) is 2. The number of nitrogens with zero attached hydrogens (tertiary/aromatic N) is 3. The highest BCUT2D eigenvalue weighted by Gasteiger charge is 2.19. The van der Waals surface area contributed by atoms with E-state index in [-0.39, 0.29) is 5.91 Å². The molecule has 6 nitrogen and oxygen atoms in total. The number of carbonyl (C=O) groups excluding carboxylic acids is 1. The van der Waals surface area contributed by atoms with Gasteiger partial charge in [0.2, 0.25) is 0 Å². The van der Waals surface area contributed by atoms with Crippen molar-refractivity contribution in [2.24, 2.45) is 4.99 Å². The summed E-state index contributed by atoms with van der Waals surface area (Å²) in [4.78, 5) is 21.3. The lowest BCUT2D eigenvalue weighted by Crippen LogP contribution is -2.52. The molecule has 1 aliphatic rings. The molecular formula is C23H31N5O. The first-order valence-corrected chi connectivity index (χ1v) is 10.3. The van der Waals surface area contributed by atoms with E-state index in [2.05, 4.69) is 55.8 Å². The molecule has 2 aromatic rings. The zero-order valence-electron chi connectivity index (χ0n) is 17.2. The Kier molecular flexibility index (Phi) is 8.07. The van der Waals surface area contributed by atoms with Gasteiger partial charge < -0.3 is 15.5 Å². The molecule has 1 amide bonds. The van der Waals surface area contributed by atoms with Gasteiger partial charge in [-0.05, 0) is 24.1 Å². The average Bonchev–Trinajstić information content (AvgIpc) is 2.78. The van der Waals surface area contributed by atoms with Crippen molar-refractivity contribution < 1.29 is 4.79 Å². The first kappa shape index (κ1) is 20.9. The smallest absolute Gasteiger partial charge is 0.251 e. The third kappa shape index (κ3) is 6.61. The van der Waals surface area contributed by atoms with Gasteiger partial charge in [0.25, 0.3) is 5.91 Å². The summed E-state index contributed by atoms with van der Waals surface area (Å²) in [7, 11) is 1.83. The Morgan fingerprint density at radius 3 is 2.17 bits per heavy atom. The van der Waals surface area contributed by atoms with Crippen LogP contribution in [0.1, 0.15) is 22.3 Å². The first-order chi connectivity index (χ1) is 14.3. The maximum absolute atomic E-state index is 12.0. The molecule has 154 valence electrons. The molecule has 6 heteroatoms. The second-order valence-corrected chi connectivity index (χ2v) is 7.20. The third-order valence-corrected chi connectivity index (χ3v) is 5.09. The molecule has 0 aliphatic carbocycles. The predicted octanol–water partition coefficient (Wildman–Crippen LogP) is 2.20. The monoisotopic (exact) mass is 393 g/mol. The number of piperazine rings is 1. The molecule has 0 aromatic heterocycles. The maximum Gasteiger partial charge on any atom is 0.251 e. The summed E-state index contributed by atoms with van der Waals surface area (Å²) >= 11 is 0. The van der Waals surface area contributed by atoms with Gasteiger partial charge in [0.1, 0.15) is 0 Å². The summed E-state index contributed by atoms with van der Waals surface area (Å²) in [6, 6.07) is 19.9. The Labute approximate surface area is 173 Å². The molecule has 0 unspecified atom stereocenters. The van der Waals surface area contributed by atoms with Crippen molar-refractivity contribution in [3.05, 3.63) is 71.8 Å². The van der Waals surface area contributed by atoms with Gasteiger partial charge in [0.05, 0.1) is 0 Å². The van der Waals surface area contributed by atoms with Gasteiger partial charge in [-0.2, -0.15) is 0 Å². The minimum atomic E-state index is -0.0236. The second-order valence-electron chi connectivity index (χ2n) is 7.20. The number of benzene rings is 2. The number of guanidine groups is 1. The fourth-order valence-corrected chi connectivity index (χ4v) is 3.47. The molecule has 0 saturated carbocycles. The van der Waals surface area contributed by atoms with E-state index in [9.17, 15) is 4.79 Å². The Hall–Kier alpha value is -2.86. The number of hydrogen-bond donors (Lipinski definition) is 2. The molecule has 1 heterocycles. The quantitative estimate of drug-likeness (QED) is 0.430. The van der Waals surface area contributed by atoms with Crippen molar-refractivity contribution in [3.63, 3.8) is 0 Å². The van der Waals surface area contributed by atoms with Crippen LogP contribution >= 0.6 is 0 Å². The van der Waals surface area contributed by atoms with Gasteiger partial charge in [-0.25, -0.2) is 0 Å². The molecule has 3 rings (SSSR count). The van der Waals surface area contributed by atoms with Crippen LogP contribution in [0.25, 0.3) is 0 Å². The lowest BCUT2D eigenvalue weighted by molar-refractivity contribution is 0.0953. The summed E-state index contributed by atoms with van der Waals surface area (Å²) in [6.07, 6.45) is 0.853. The average molecular weight is 394 g/mol. The third-order valence-electron chi connectivity index (χ3n) is 5.09. The second kappa shape index (κ2) is 11.2. The molecular weight excluding hydrogens is 362 g/mol. The van der Waals surface area contributed by atoms with Crippen molar-refractivity contribution in [2.75, 3.05) is 46.3 Å². The van der Waals surface area contributed by atoms with E-state index in [1.807, 2.05) is 37.4 Å². The fourth-order valence-electron chi connectivity index (χ4n) is 3.47. The van der Waals surface area contributed by atoms with Gasteiger partial charge in [-0.1, -0.05) is 48.5 Å². The van der Waals surface area contributed by atoms with E-state index in [1.165, 1.54) is 5.56 Å². The van der Waals surface area contributed by atoms with Crippen LogP contribution in [-0.4, -0.2) is 68.0 Å². The van der Waals surface area contributed by atoms with Crippen LogP contribution in [-0.2, 0) is 6.54 Å². The number of carbonyl (C=O) groups is 1. The van der Waals surface area contributed by atoms with Crippen molar-refractivity contribution in [1.82, 2.24) is 20.4 Å².